The zero-order chi connectivity index (χ0) is 20.0. The summed E-state index contributed by atoms with van der Waals surface area (Å²) in [6.07, 6.45) is 0. The lowest BCUT2D eigenvalue weighted by Crippen LogP contribution is -2.41. The molecule has 0 heterocycles. The molecule has 2 N–H and O–H groups in total. The van der Waals surface area contributed by atoms with E-state index < -0.39 is 5.41 Å². The fourth-order valence-corrected chi connectivity index (χ4v) is 2.32. The van der Waals surface area contributed by atoms with Crippen LogP contribution in [0.1, 0.15) is 20.8 Å². The molecule has 2 aromatic carbocycles. The van der Waals surface area contributed by atoms with Crippen LogP contribution in [-0.4, -0.2) is 32.5 Å². The first-order valence-corrected chi connectivity index (χ1v) is 8.87. The second-order valence-corrected chi connectivity index (χ2v) is 6.93. The molecule has 0 aliphatic carbocycles. The van der Waals surface area contributed by atoms with Gasteiger partial charge in [-0.25, -0.2) is 0 Å². The van der Waals surface area contributed by atoms with Gasteiger partial charge in [0.2, 0.25) is 11.8 Å². The first-order valence-electron chi connectivity index (χ1n) is 8.87. The van der Waals surface area contributed by atoms with Crippen LogP contribution in [0.4, 0.5) is 17.1 Å². The zero-order valence-corrected chi connectivity index (χ0v) is 16.5. The van der Waals surface area contributed by atoms with E-state index in [9.17, 15) is 9.59 Å². The van der Waals surface area contributed by atoms with Crippen molar-refractivity contribution < 1.29 is 14.3 Å². The van der Waals surface area contributed by atoms with E-state index in [0.717, 1.165) is 11.4 Å². The van der Waals surface area contributed by atoms with Crippen molar-refractivity contribution in [2.45, 2.75) is 20.8 Å². The molecule has 0 unspecified atom stereocenters. The van der Waals surface area contributed by atoms with E-state index in [1.165, 1.54) is 0 Å². The van der Waals surface area contributed by atoms with Crippen molar-refractivity contribution in [3.8, 4) is 5.75 Å². The van der Waals surface area contributed by atoms with Gasteiger partial charge in [0, 0.05) is 31.2 Å². The Labute approximate surface area is 160 Å². The zero-order valence-electron chi connectivity index (χ0n) is 16.5. The summed E-state index contributed by atoms with van der Waals surface area (Å²) in [5, 5.41) is 5.58. The predicted molar refractivity (Wildman–Crippen MR) is 109 cm³/mol. The number of benzene rings is 2. The molecule has 0 aromatic heterocycles. The molecule has 0 atom stereocenters. The summed E-state index contributed by atoms with van der Waals surface area (Å²) >= 11 is 0. The third-order valence-corrected chi connectivity index (χ3v) is 4.20. The molecular formula is C21H27N3O3. The third kappa shape index (κ3) is 5.23. The lowest BCUT2D eigenvalue weighted by Gasteiger charge is -2.23. The quantitative estimate of drug-likeness (QED) is 0.729. The summed E-state index contributed by atoms with van der Waals surface area (Å²) in [6, 6.07) is 14.5. The molecule has 0 saturated heterocycles. The molecule has 0 saturated carbocycles. The number of nitrogens with zero attached hydrogens (tertiary/aromatic N) is 1. The maximum absolute atomic E-state index is 12.6. The summed E-state index contributed by atoms with van der Waals surface area (Å²) in [5.74, 6) is -0.0220. The molecule has 144 valence electrons. The van der Waals surface area contributed by atoms with Gasteiger partial charge in [-0.3, -0.25) is 9.59 Å². The Morgan fingerprint density at radius 3 is 1.74 bits per heavy atom. The Balaban J connectivity index is 2.02. The van der Waals surface area contributed by atoms with E-state index in [4.69, 9.17) is 4.74 Å². The molecule has 2 amide bonds. The second-order valence-electron chi connectivity index (χ2n) is 6.93. The largest absolute Gasteiger partial charge is 0.494 e. The molecule has 0 fully saturated rings. The summed E-state index contributed by atoms with van der Waals surface area (Å²) in [7, 11) is 3.89. The fraction of sp³-hybridized carbons (Fsp3) is 0.333. The molecule has 0 aliphatic heterocycles. The maximum Gasteiger partial charge on any atom is 0.239 e. The Kier molecular flexibility index (Phi) is 6.45. The van der Waals surface area contributed by atoms with Crippen molar-refractivity contribution in [3.63, 3.8) is 0 Å². The van der Waals surface area contributed by atoms with E-state index in [-0.39, 0.29) is 11.8 Å². The standard InChI is InChI=1S/C21H27N3O3/c1-6-27-18-13-9-16(10-14-18)23-20(26)21(2,3)19(25)22-15-7-11-17(12-8-15)24(4)5/h7-14H,6H2,1-5H3,(H,22,25)(H,23,26). The predicted octanol–water partition coefficient (Wildman–Crippen LogP) is 3.75. The highest BCUT2D eigenvalue weighted by atomic mass is 16.5. The summed E-state index contributed by atoms with van der Waals surface area (Å²) < 4.78 is 5.38. The highest BCUT2D eigenvalue weighted by Gasteiger charge is 2.36. The van der Waals surface area contributed by atoms with Gasteiger partial charge in [0.1, 0.15) is 11.2 Å². The third-order valence-electron chi connectivity index (χ3n) is 4.20. The highest BCUT2D eigenvalue weighted by Crippen LogP contribution is 2.24. The minimum absolute atomic E-state index is 0.372. The molecule has 0 radical (unpaired) electrons. The van der Waals surface area contributed by atoms with Crippen LogP contribution in [0.3, 0.4) is 0 Å². The SMILES string of the molecule is CCOc1ccc(NC(=O)C(C)(C)C(=O)Nc2ccc(N(C)C)cc2)cc1. The number of carbonyl (C=O) groups excluding carboxylic acids is 2. The highest BCUT2D eigenvalue weighted by molar-refractivity contribution is 6.14. The van der Waals surface area contributed by atoms with Crippen LogP contribution >= 0.6 is 0 Å². The average molecular weight is 369 g/mol. The number of amides is 2. The molecule has 0 bridgehead atoms. The van der Waals surface area contributed by atoms with Crippen LogP contribution in [-0.2, 0) is 9.59 Å². The van der Waals surface area contributed by atoms with Crippen molar-refractivity contribution in [2.75, 3.05) is 36.2 Å². The smallest absolute Gasteiger partial charge is 0.239 e. The molecule has 0 spiro atoms. The van der Waals surface area contributed by atoms with Gasteiger partial charge in [0.15, 0.2) is 0 Å². The van der Waals surface area contributed by atoms with Crippen LogP contribution in [0, 0.1) is 5.41 Å². The van der Waals surface area contributed by atoms with E-state index in [1.54, 1.807) is 38.1 Å². The van der Waals surface area contributed by atoms with Crippen molar-refractivity contribution in [1.29, 1.82) is 0 Å². The average Bonchev–Trinajstić information content (AvgIpc) is 2.63. The van der Waals surface area contributed by atoms with E-state index in [0.29, 0.717) is 18.0 Å². The minimum Gasteiger partial charge on any atom is -0.494 e. The molecule has 6 nitrogen and oxygen atoms in total. The van der Waals surface area contributed by atoms with Crippen LogP contribution in [0.15, 0.2) is 48.5 Å². The van der Waals surface area contributed by atoms with E-state index in [1.807, 2.05) is 50.2 Å². The first-order chi connectivity index (χ1) is 12.7. The number of rotatable bonds is 7. The van der Waals surface area contributed by atoms with Gasteiger partial charge in [0.05, 0.1) is 6.61 Å². The van der Waals surface area contributed by atoms with Crippen LogP contribution < -0.4 is 20.3 Å². The Bertz CT molecular complexity index is 781. The van der Waals surface area contributed by atoms with E-state index >= 15 is 0 Å². The van der Waals surface area contributed by atoms with Gasteiger partial charge in [-0.15, -0.1) is 0 Å². The minimum atomic E-state index is -1.24. The Morgan fingerprint density at radius 2 is 1.33 bits per heavy atom. The number of hydrogen-bond acceptors (Lipinski definition) is 4. The van der Waals surface area contributed by atoms with Crippen LogP contribution in [0.25, 0.3) is 0 Å². The molecule has 27 heavy (non-hydrogen) atoms. The maximum atomic E-state index is 12.6. The Hall–Kier alpha value is -3.02. The lowest BCUT2D eigenvalue weighted by atomic mass is 9.90. The van der Waals surface area contributed by atoms with E-state index in [2.05, 4.69) is 10.6 Å². The number of hydrogen-bond donors (Lipinski definition) is 2. The van der Waals surface area contributed by atoms with Gasteiger partial charge < -0.3 is 20.3 Å². The van der Waals surface area contributed by atoms with Gasteiger partial charge in [-0.2, -0.15) is 0 Å². The van der Waals surface area contributed by atoms with Crippen molar-refractivity contribution in [1.82, 2.24) is 0 Å². The molecule has 0 aliphatic rings. The molecule has 6 heteroatoms. The first kappa shape index (κ1) is 20.3. The van der Waals surface area contributed by atoms with Crippen LogP contribution in [0.2, 0.25) is 0 Å². The summed E-state index contributed by atoms with van der Waals surface area (Å²) in [4.78, 5) is 27.2. The van der Waals surface area contributed by atoms with Gasteiger partial charge in [0.25, 0.3) is 0 Å². The van der Waals surface area contributed by atoms with Gasteiger partial charge in [-0.1, -0.05) is 0 Å². The number of anilines is 3. The van der Waals surface area contributed by atoms with Crippen molar-refractivity contribution >= 4 is 28.9 Å². The number of nitrogens with one attached hydrogen (secondary N) is 2. The number of carbonyl (C=O) groups is 2. The topological polar surface area (TPSA) is 70.7 Å². The lowest BCUT2D eigenvalue weighted by molar-refractivity contribution is -0.135. The van der Waals surface area contributed by atoms with Gasteiger partial charge in [-0.05, 0) is 69.3 Å². The summed E-state index contributed by atoms with van der Waals surface area (Å²) in [6.45, 7) is 5.68. The van der Waals surface area contributed by atoms with Gasteiger partial charge >= 0.3 is 0 Å². The monoisotopic (exact) mass is 369 g/mol. The Morgan fingerprint density at radius 1 is 0.889 bits per heavy atom. The normalized spacial score (nSPS) is 10.9. The molecular weight excluding hydrogens is 342 g/mol. The van der Waals surface area contributed by atoms with Crippen LogP contribution in [0.5, 0.6) is 5.75 Å². The molecule has 2 aromatic rings. The number of ether oxygens (including phenoxy) is 1. The van der Waals surface area contributed by atoms with Crippen molar-refractivity contribution in [3.05, 3.63) is 48.5 Å². The molecule has 2 rings (SSSR count). The second kappa shape index (κ2) is 8.58. The fourth-order valence-electron chi connectivity index (χ4n) is 2.32. The van der Waals surface area contributed by atoms with Crippen molar-refractivity contribution in [2.24, 2.45) is 5.41 Å². The summed E-state index contributed by atoms with van der Waals surface area (Å²) in [5.41, 5.74) is 1.05.